The Hall–Kier alpha value is -1.16. The standard InChI is InChI=1S/C8H11N3O/c1-3-10-8(11-4-1)12-7-2-5-9-6-7/h1,3-4,7,9H,2,5-6H2. The van der Waals surface area contributed by atoms with E-state index in [4.69, 9.17) is 4.74 Å². The van der Waals surface area contributed by atoms with Crippen molar-refractivity contribution >= 4 is 0 Å². The van der Waals surface area contributed by atoms with Gasteiger partial charge in [0.25, 0.3) is 0 Å². The minimum absolute atomic E-state index is 0.243. The number of hydrogen-bond donors (Lipinski definition) is 1. The topological polar surface area (TPSA) is 47.0 Å². The van der Waals surface area contributed by atoms with Gasteiger partial charge in [-0.1, -0.05) is 0 Å². The van der Waals surface area contributed by atoms with Crippen molar-refractivity contribution in [3.05, 3.63) is 18.5 Å². The van der Waals surface area contributed by atoms with E-state index >= 15 is 0 Å². The van der Waals surface area contributed by atoms with Crippen molar-refractivity contribution in [1.29, 1.82) is 0 Å². The van der Waals surface area contributed by atoms with Crippen molar-refractivity contribution in [3.63, 3.8) is 0 Å². The number of ether oxygens (including phenoxy) is 1. The molecule has 1 atom stereocenters. The average Bonchev–Trinajstić information content (AvgIpc) is 2.59. The summed E-state index contributed by atoms with van der Waals surface area (Å²) in [5, 5.41) is 3.21. The van der Waals surface area contributed by atoms with E-state index < -0.39 is 0 Å². The van der Waals surface area contributed by atoms with Crippen LogP contribution in [-0.2, 0) is 0 Å². The van der Waals surface area contributed by atoms with Crippen LogP contribution < -0.4 is 10.1 Å². The van der Waals surface area contributed by atoms with Crippen LogP contribution in [0.2, 0.25) is 0 Å². The number of aromatic nitrogens is 2. The Labute approximate surface area is 71.0 Å². The molecule has 4 heteroatoms. The van der Waals surface area contributed by atoms with Gasteiger partial charge in [0.2, 0.25) is 0 Å². The molecule has 1 N–H and O–H groups in total. The molecule has 0 amide bonds. The monoisotopic (exact) mass is 165 g/mol. The molecule has 1 aliphatic rings. The molecule has 0 spiro atoms. The highest BCUT2D eigenvalue weighted by Crippen LogP contribution is 2.07. The number of nitrogens with one attached hydrogen (secondary N) is 1. The molecule has 0 radical (unpaired) electrons. The zero-order valence-electron chi connectivity index (χ0n) is 6.73. The van der Waals surface area contributed by atoms with Crippen molar-refractivity contribution in [2.24, 2.45) is 0 Å². The fourth-order valence-corrected chi connectivity index (χ4v) is 1.22. The zero-order valence-corrected chi connectivity index (χ0v) is 6.73. The van der Waals surface area contributed by atoms with Gasteiger partial charge in [-0.3, -0.25) is 0 Å². The number of nitrogens with zero attached hydrogens (tertiary/aromatic N) is 2. The minimum Gasteiger partial charge on any atom is -0.459 e. The summed E-state index contributed by atoms with van der Waals surface area (Å²) in [7, 11) is 0. The van der Waals surface area contributed by atoms with Gasteiger partial charge in [-0.2, -0.15) is 0 Å². The maximum atomic E-state index is 5.49. The molecule has 0 bridgehead atoms. The normalized spacial score (nSPS) is 22.5. The van der Waals surface area contributed by atoms with Gasteiger partial charge >= 0.3 is 6.01 Å². The smallest absolute Gasteiger partial charge is 0.316 e. The molecular weight excluding hydrogens is 154 g/mol. The first-order chi connectivity index (χ1) is 5.95. The van der Waals surface area contributed by atoms with E-state index in [0.29, 0.717) is 6.01 Å². The number of rotatable bonds is 2. The molecule has 2 heterocycles. The fourth-order valence-electron chi connectivity index (χ4n) is 1.22. The van der Waals surface area contributed by atoms with Gasteiger partial charge in [-0.25, -0.2) is 9.97 Å². The van der Waals surface area contributed by atoms with Crippen LogP contribution in [-0.4, -0.2) is 29.2 Å². The molecule has 1 aliphatic heterocycles. The van der Waals surface area contributed by atoms with Gasteiger partial charge < -0.3 is 10.1 Å². The van der Waals surface area contributed by atoms with E-state index in [1.807, 2.05) is 0 Å². The van der Waals surface area contributed by atoms with Crippen LogP contribution in [0.15, 0.2) is 18.5 Å². The van der Waals surface area contributed by atoms with Crippen molar-refractivity contribution in [2.45, 2.75) is 12.5 Å². The first-order valence-corrected chi connectivity index (χ1v) is 4.09. The van der Waals surface area contributed by atoms with Crippen molar-refractivity contribution in [1.82, 2.24) is 15.3 Å². The summed E-state index contributed by atoms with van der Waals surface area (Å²) in [4.78, 5) is 7.96. The molecule has 12 heavy (non-hydrogen) atoms. The lowest BCUT2D eigenvalue weighted by atomic mass is 10.3. The lowest BCUT2D eigenvalue weighted by Gasteiger charge is -2.08. The summed E-state index contributed by atoms with van der Waals surface area (Å²) in [6.45, 7) is 1.93. The molecule has 0 aromatic carbocycles. The van der Waals surface area contributed by atoms with Crippen molar-refractivity contribution in [2.75, 3.05) is 13.1 Å². The molecule has 1 unspecified atom stereocenters. The molecule has 1 aromatic rings. The first-order valence-electron chi connectivity index (χ1n) is 4.09. The lowest BCUT2D eigenvalue weighted by Crippen LogP contribution is -2.20. The van der Waals surface area contributed by atoms with Gasteiger partial charge in [-0.05, 0) is 19.0 Å². The lowest BCUT2D eigenvalue weighted by molar-refractivity contribution is 0.204. The zero-order chi connectivity index (χ0) is 8.23. The maximum Gasteiger partial charge on any atom is 0.316 e. The third-order valence-electron chi connectivity index (χ3n) is 1.83. The quantitative estimate of drug-likeness (QED) is 0.681. The fraction of sp³-hybridized carbons (Fsp3) is 0.500. The van der Waals surface area contributed by atoms with Gasteiger partial charge in [0, 0.05) is 18.9 Å². The Morgan fingerprint density at radius 1 is 1.42 bits per heavy atom. The number of hydrogen-bond acceptors (Lipinski definition) is 4. The van der Waals surface area contributed by atoms with Gasteiger partial charge in [-0.15, -0.1) is 0 Å². The first kappa shape index (κ1) is 7.49. The van der Waals surface area contributed by atoms with E-state index in [0.717, 1.165) is 19.5 Å². The summed E-state index contributed by atoms with van der Waals surface area (Å²) in [5.41, 5.74) is 0. The third-order valence-corrected chi connectivity index (χ3v) is 1.83. The highest BCUT2D eigenvalue weighted by Gasteiger charge is 2.16. The van der Waals surface area contributed by atoms with Gasteiger partial charge in [0.05, 0.1) is 0 Å². The van der Waals surface area contributed by atoms with Crippen LogP contribution >= 0.6 is 0 Å². The Morgan fingerprint density at radius 2 is 2.25 bits per heavy atom. The van der Waals surface area contributed by atoms with E-state index in [9.17, 15) is 0 Å². The Morgan fingerprint density at radius 3 is 2.92 bits per heavy atom. The highest BCUT2D eigenvalue weighted by molar-refractivity contribution is 4.95. The Kier molecular flexibility index (Phi) is 2.18. The van der Waals surface area contributed by atoms with Gasteiger partial charge in [0.1, 0.15) is 6.10 Å². The summed E-state index contributed by atoms with van der Waals surface area (Å²) >= 11 is 0. The van der Waals surface area contributed by atoms with Crippen molar-refractivity contribution < 1.29 is 4.74 Å². The molecule has 4 nitrogen and oxygen atoms in total. The van der Waals surface area contributed by atoms with Crippen molar-refractivity contribution in [3.8, 4) is 6.01 Å². The molecule has 1 aromatic heterocycles. The van der Waals surface area contributed by atoms with E-state index in [-0.39, 0.29) is 6.10 Å². The molecule has 0 saturated carbocycles. The second-order valence-electron chi connectivity index (χ2n) is 2.76. The molecule has 1 saturated heterocycles. The summed E-state index contributed by atoms with van der Waals surface area (Å²) in [5.74, 6) is 0. The second-order valence-corrected chi connectivity index (χ2v) is 2.76. The van der Waals surface area contributed by atoms with Crippen LogP contribution in [0.4, 0.5) is 0 Å². The molecule has 1 fully saturated rings. The Bertz CT molecular complexity index is 233. The molecule has 64 valence electrons. The Balaban J connectivity index is 1.94. The summed E-state index contributed by atoms with van der Waals surface area (Å²) < 4.78 is 5.49. The second kappa shape index (κ2) is 3.49. The average molecular weight is 165 g/mol. The van der Waals surface area contributed by atoms with E-state index in [1.165, 1.54) is 0 Å². The summed E-state index contributed by atoms with van der Waals surface area (Å²) in [6.07, 6.45) is 4.65. The van der Waals surface area contributed by atoms with Gasteiger partial charge in [0.15, 0.2) is 0 Å². The predicted molar refractivity (Wildman–Crippen MR) is 43.9 cm³/mol. The molecular formula is C8H11N3O. The molecule has 2 rings (SSSR count). The van der Waals surface area contributed by atoms with Crippen LogP contribution in [0.25, 0.3) is 0 Å². The largest absolute Gasteiger partial charge is 0.459 e. The van der Waals surface area contributed by atoms with Crippen LogP contribution in [0.5, 0.6) is 6.01 Å². The third kappa shape index (κ3) is 1.71. The minimum atomic E-state index is 0.243. The SMILES string of the molecule is c1cnc(OC2CCNC2)nc1. The molecule has 0 aliphatic carbocycles. The summed E-state index contributed by atoms with van der Waals surface area (Å²) in [6, 6.07) is 2.26. The van der Waals surface area contributed by atoms with E-state index in [2.05, 4.69) is 15.3 Å². The highest BCUT2D eigenvalue weighted by atomic mass is 16.5. The maximum absolute atomic E-state index is 5.49. The van der Waals surface area contributed by atoms with Crippen LogP contribution in [0, 0.1) is 0 Å². The van der Waals surface area contributed by atoms with Crippen LogP contribution in [0.1, 0.15) is 6.42 Å². The van der Waals surface area contributed by atoms with E-state index in [1.54, 1.807) is 18.5 Å². The van der Waals surface area contributed by atoms with Crippen LogP contribution in [0.3, 0.4) is 0 Å². The predicted octanol–water partition coefficient (Wildman–Crippen LogP) is 0.217.